The van der Waals surface area contributed by atoms with Crippen molar-refractivity contribution in [2.24, 2.45) is 0 Å². The third-order valence-corrected chi connectivity index (χ3v) is 1.10. The molecule has 0 aliphatic heterocycles. The summed E-state index contributed by atoms with van der Waals surface area (Å²) < 4.78 is 0. The fraction of sp³-hybridized carbons (Fsp3) is 0.667. The zero-order valence-electron chi connectivity index (χ0n) is 5.86. The van der Waals surface area contributed by atoms with Gasteiger partial charge in [0.1, 0.15) is 5.78 Å². The molecular formula is C6H10O5. The molecule has 0 spiro atoms. The Morgan fingerprint density at radius 1 is 1.36 bits per heavy atom. The van der Waals surface area contributed by atoms with E-state index in [1.807, 2.05) is 0 Å². The summed E-state index contributed by atoms with van der Waals surface area (Å²) in [4.78, 5) is 20.5. The van der Waals surface area contributed by atoms with Crippen LogP contribution >= 0.6 is 0 Å². The number of carboxylic acids is 1. The number of carbonyl (C=O) groups is 2. The molecule has 0 aromatic carbocycles. The topological polar surface area (TPSA) is 94.8 Å². The van der Waals surface area contributed by atoms with Crippen LogP contribution in [0.25, 0.3) is 0 Å². The van der Waals surface area contributed by atoms with E-state index < -0.39 is 24.3 Å². The van der Waals surface area contributed by atoms with E-state index in [-0.39, 0.29) is 13.0 Å². The zero-order chi connectivity index (χ0) is 8.85. The van der Waals surface area contributed by atoms with Crippen molar-refractivity contribution in [2.75, 3.05) is 6.61 Å². The first-order valence-electron chi connectivity index (χ1n) is 3.11. The molecule has 0 rings (SSSR count). The molecule has 64 valence electrons. The van der Waals surface area contributed by atoms with Crippen LogP contribution in [0.2, 0.25) is 0 Å². The number of ketones is 1. The maximum Gasteiger partial charge on any atom is 0.332 e. The molecule has 5 heteroatoms. The number of aliphatic hydroxyl groups is 2. The van der Waals surface area contributed by atoms with Crippen molar-refractivity contribution < 1.29 is 24.9 Å². The number of Topliss-reactive ketones (excluding diaryl/α,β-unsaturated/α-hetero) is 1. The van der Waals surface area contributed by atoms with Gasteiger partial charge in [0, 0.05) is 19.4 Å². The maximum atomic E-state index is 10.6. The van der Waals surface area contributed by atoms with E-state index in [2.05, 4.69) is 0 Å². The molecule has 0 radical (unpaired) electrons. The Labute approximate surface area is 63.3 Å². The van der Waals surface area contributed by atoms with Crippen LogP contribution in [-0.4, -0.2) is 39.8 Å². The quantitative estimate of drug-likeness (QED) is 0.470. The monoisotopic (exact) mass is 162 g/mol. The third kappa shape index (κ3) is 4.46. The lowest BCUT2D eigenvalue weighted by molar-refractivity contribution is -0.148. The molecule has 0 saturated heterocycles. The fourth-order valence-corrected chi connectivity index (χ4v) is 0.530. The number of hydrogen-bond donors (Lipinski definition) is 3. The summed E-state index contributed by atoms with van der Waals surface area (Å²) in [5.74, 6) is -1.88. The molecule has 1 unspecified atom stereocenters. The van der Waals surface area contributed by atoms with Gasteiger partial charge in [-0.1, -0.05) is 0 Å². The van der Waals surface area contributed by atoms with E-state index in [1.165, 1.54) is 0 Å². The van der Waals surface area contributed by atoms with Gasteiger partial charge in [-0.15, -0.1) is 0 Å². The summed E-state index contributed by atoms with van der Waals surface area (Å²) in [6.45, 7) is -0.314. The summed E-state index contributed by atoms with van der Waals surface area (Å²) in [6.07, 6.45) is -2.19. The average Bonchev–Trinajstić information content (AvgIpc) is 1.87. The Hall–Kier alpha value is -0.940. The summed E-state index contributed by atoms with van der Waals surface area (Å²) in [5.41, 5.74) is 0. The van der Waals surface area contributed by atoms with Gasteiger partial charge in [0.15, 0.2) is 6.10 Å². The van der Waals surface area contributed by atoms with Crippen LogP contribution in [0.4, 0.5) is 0 Å². The van der Waals surface area contributed by atoms with Crippen LogP contribution in [-0.2, 0) is 9.59 Å². The number of aliphatic hydroxyl groups excluding tert-OH is 2. The van der Waals surface area contributed by atoms with Crippen LogP contribution in [0, 0.1) is 0 Å². The molecule has 0 fully saturated rings. The van der Waals surface area contributed by atoms with Crippen LogP contribution in [0.15, 0.2) is 0 Å². The molecule has 0 aromatic heterocycles. The van der Waals surface area contributed by atoms with Gasteiger partial charge >= 0.3 is 5.97 Å². The largest absolute Gasteiger partial charge is 0.479 e. The first-order valence-corrected chi connectivity index (χ1v) is 3.11. The number of rotatable bonds is 5. The Kier molecular flexibility index (Phi) is 4.40. The predicted molar refractivity (Wildman–Crippen MR) is 35.0 cm³/mol. The highest BCUT2D eigenvalue weighted by Crippen LogP contribution is 1.95. The van der Waals surface area contributed by atoms with E-state index >= 15 is 0 Å². The number of carbonyl (C=O) groups excluding carboxylic acids is 1. The lowest BCUT2D eigenvalue weighted by Crippen LogP contribution is -2.23. The molecule has 0 bridgehead atoms. The average molecular weight is 162 g/mol. The van der Waals surface area contributed by atoms with Gasteiger partial charge in [-0.3, -0.25) is 4.79 Å². The minimum absolute atomic E-state index is 0.107. The predicted octanol–water partition coefficient (Wildman–Crippen LogP) is -1.23. The lowest BCUT2D eigenvalue weighted by Gasteiger charge is -2.01. The second kappa shape index (κ2) is 4.81. The van der Waals surface area contributed by atoms with Gasteiger partial charge in [0.05, 0.1) is 0 Å². The summed E-state index contributed by atoms with van der Waals surface area (Å²) in [6, 6.07) is 0. The lowest BCUT2D eigenvalue weighted by atomic mass is 10.1. The summed E-state index contributed by atoms with van der Waals surface area (Å²) >= 11 is 0. The van der Waals surface area contributed by atoms with Crippen LogP contribution in [0.5, 0.6) is 0 Å². The molecule has 0 heterocycles. The van der Waals surface area contributed by atoms with Gasteiger partial charge in [0.2, 0.25) is 0 Å². The first kappa shape index (κ1) is 10.1. The fourth-order valence-electron chi connectivity index (χ4n) is 0.530. The summed E-state index contributed by atoms with van der Waals surface area (Å²) in [5, 5.41) is 25.0. The van der Waals surface area contributed by atoms with Gasteiger partial charge < -0.3 is 15.3 Å². The molecule has 11 heavy (non-hydrogen) atoms. The molecule has 3 N–H and O–H groups in total. The van der Waals surface area contributed by atoms with Crippen molar-refractivity contribution in [2.45, 2.75) is 18.9 Å². The molecule has 0 aliphatic carbocycles. The van der Waals surface area contributed by atoms with Crippen molar-refractivity contribution in [3.63, 3.8) is 0 Å². The molecule has 0 aliphatic rings. The second-order valence-corrected chi connectivity index (χ2v) is 2.07. The highest BCUT2D eigenvalue weighted by molar-refractivity contribution is 5.84. The van der Waals surface area contributed by atoms with Gasteiger partial charge in [0.25, 0.3) is 0 Å². The van der Waals surface area contributed by atoms with Crippen molar-refractivity contribution in [1.82, 2.24) is 0 Å². The first-order chi connectivity index (χ1) is 5.07. The Morgan fingerprint density at radius 3 is 2.27 bits per heavy atom. The Balaban J connectivity index is 3.66. The van der Waals surface area contributed by atoms with E-state index in [1.54, 1.807) is 0 Å². The van der Waals surface area contributed by atoms with E-state index in [4.69, 9.17) is 15.3 Å². The van der Waals surface area contributed by atoms with Crippen molar-refractivity contribution >= 4 is 11.8 Å². The summed E-state index contributed by atoms with van der Waals surface area (Å²) in [7, 11) is 0. The number of hydrogen-bond acceptors (Lipinski definition) is 4. The van der Waals surface area contributed by atoms with Crippen LogP contribution in [0.1, 0.15) is 12.8 Å². The second-order valence-electron chi connectivity index (χ2n) is 2.07. The van der Waals surface area contributed by atoms with Crippen molar-refractivity contribution in [3.8, 4) is 0 Å². The molecule has 5 nitrogen and oxygen atoms in total. The molecule has 0 aromatic rings. The zero-order valence-corrected chi connectivity index (χ0v) is 5.86. The Bertz CT molecular complexity index is 153. The molecule has 1 atom stereocenters. The number of aliphatic carboxylic acids is 1. The van der Waals surface area contributed by atoms with Gasteiger partial charge in [-0.05, 0) is 0 Å². The highest BCUT2D eigenvalue weighted by Gasteiger charge is 2.16. The van der Waals surface area contributed by atoms with E-state index in [0.29, 0.717) is 0 Å². The molecule has 0 amide bonds. The van der Waals surface area contributed by atoms with Crippen LogP contribution < -0.4 is 0 Å². The normalized spacial score (nSPS) is 12.5. The van der Waals surface area contributed by atoms with Gasteiger partial charge in [-0.25, -0.2) is 4.79 Å². The van der Waals surface area contributed by atoms with Crippen molar-refractivity contribution in [1.29, 1.82) is 0 Å². The standard InChI is InChI=1S/C6H10O5/c7-2-1-4(8)3-5(9)6(10)11/h5,7,9H,1-3H2,(H,10,11). The SMILES string of the molecule is O=C(CCO)CC(O)C(=O)O. The van der Waals surface area contributed by atoms with E-state index in [0.717, 1.165) is 0 Å². The van der Waals surface area contributed by atoms with Gasteiger partial charge in [-0.2, -0.15) is 0 Å². The smallest absolute Gasteiger partial charge is 0.332 e. The minimum Gasteiger partial charge on any atom is -0.479 e. The van der Waals surface area contributed by atoms with E-state index in [9.17, 15) is 9.59 Å². The molecular weight excluding hydrogens is 152 g/mol. The highest BCUT2D eigenvalue weighted by atomic mass is 16.4. The molecule has 0 saturated carbocycles. The Morgan fingerprint density at radius 2 is 1.91 bits per heavy atom. The number of carboxylic acid groups (broad SMARTS) is 1. The van der Waals surface area contributed by atoms with Crippen LogP contribution in [0.3, 0.4) is 0 Å². The maximum absolute atomic E-state index is 10.6. The minimum atomic E-state index is -1.64. The van der Waals surface area contributed by atoms with Crippen molar-refractivity contribution in [3.05, 3.63) is 0 Å². The third-order valence-electron chi connectivity index (χ3n) is 1.10.